The summed E-state index contributed by atoms with van der Waals surface area (Å²) in [6.45, 7) is 7.16. The number of rotatable bonds is 5. The minimum atomic E-state index is 0.553. The van der Waals surface area contributed by atoms with Gasteiger partial charge in [0.15, 0.2) is 0 Å². The fraction of sp³-hybridized carbons (Fsp3) is 0.182. The smallest absolute Gasteiger partial charge is 0.227 e. The highest BCUT2D eigenvalue weighted by Crippen LogP contribution is 2.23. The third-order valence-electron chi connectivity index (χ3n) is 4.71. The van der Waals surface area contributed by atoms with E-state index in [-0.39, 0.29) is 0 Å². The first-order valence-corrected chi connectivity index (χ1v) is 9.27. The minimum absolute atomic E-state index is 0.553. The van der Waals surface area contributed by atoms with Gasteiger partial charge in [0.1, 0.15) is 0 Å². The van der Waals surface area contributed by atoms with Crippen LogP contribution in [0.5, 0.6) is 0 Å². The van der Waals surface area contributed by atoms with Gasteiger partial charge in [-0.2, -0.15) is 0 Å². The van der Waals surface area contributed by atoms with Crippen molar-refractivity contribution in [1.82, 2.24) is 9.97 Å². The lowest BCUT2D eigenvalue weighted by Crippen LogP contribution is -2.36. The van der Waals surface area contributed by atoms with Crippen LogP contribution in [-0.4, -0.2) is 36.3 Å². The predicted octanol–water partition coefficient (Wildman–Crippen LogP) is 3.65. The van der Waals surface area contributed by atoms with E-state index in [1.165, 1.54) is 5.69 Å². The van der Waals surface area contributed by atoms with Crippen molar-refractivity contribution in [1.29, 1.82) is 0 Å². The molecule has 6 nitrogen and oxygen atoms in total. The molecule has 3 aromatic rings. The lowest BCUT2D eigenvalue weighted by molar-refractivity contribution is 0.122. The van der Waals surface area contributed by atoms with E-state index in [1.54, 1.807) is 6.20 Å². The molecular formula is C22H23N5O. The van der Waals surface area contributed by atoms with Gasteiger partial charge in [0, 0.05) is 41.9 Å². The number of hydrogen-bond donors (Lipinski definition) is 2. The van der Waals surface area contributed by atoms with Crippen molar-refractivity contribution in [2.45, 2.75) is 0 Å². The van der Waals surface area contributed by atoms with Crippen LogP contribution < -0.4 is 16.0 Å². The molecule has 1 aromatic heterocycles. The van der Waals surface area contributed by atoms with Gasteiger partial charge in [-0.15, -0.1) is 0 Å². The first-order valence-electron chi connectivity index (χ1n) is 9.27. The van der Waals surface area contributed by atoms with E-state index in [4.69, 9.17) is 10.5 Å². The Kier molecular flexibility index (Phi) is 5.21. The van der Waals surface area contributed by atoms with Crippen molar-refractivity contribution >= 4 is 23.0 Å². The number of aromatic nitrogens is 2. The van der Waals surface area contributed by atoms with Gasteiger partial charge in [0.05, 0.1) is 18.9 Å². The molecule has 1 fully saturated rings. The number of nitrogens with one attached hydrogen (secondary N) is 1. The van der Waals surface area contributed by atoms with Gasteiger partial charge in [0.2, 0.25) is 5.95 Å². The van der Waals surface area contributed by atoms with Crippen LogP contribution in [0.25, 0.3) is 17.0 Å². The molecule has 0 bridgehead atoms. The van der Waals surface area contributed by atoms with Crippen molar-refractivity contribution < 1.29 is 4.74 Å². The summed E-state index contributed by atoms with van der Waals surface area (Å²) in [5.41, 5.74) is 11.2. The van der Waals surface area contributed by atoms with Crippen LogP contribution in [0.3, 0.4) is 0 Å². The topological polar surface area (TPSA) is 76.3 Å². The number of benzene rings is 2. The van der Waals surface area contributed by atoms with Crippen molar-refractivity contribution in [2.75, 3.05) is 36.5 Å². The van der Waals surface area contributed by atoms with E-state index in [0.29, 0.717) is 11.6 Å². The number of anilines is 3. The van der Waals surface area contributed by atoms with Crippen molar-refractivity contribution in [3.8, 4) is 11.3 Å². The van der Waals surface area contributed by atoms with Gasteiger partial charge < -0.3 is 20.7 Å². The highest BCUT2D eigenvalue weighted by molar-refractivity contribution is 5.67. The Morgan fingerprint density at radius 1 is 1.00 bits per heavy atom. The van der Waals surface area contributed by atoms with Gasteiger partial charge in [-0.05, 0) is 35.9 Å². The molecule has 28 heavy (non-hydrogen) atoms. The second kappa shape index (κ2) is 8.10. The molecule has 0 spiro atoms. The lowest BCUT2D eigenvalue weighted by Gasteiger charge is -2.28. The summed E-state index contributed by atoms with van der Waals surface area (Å²) in [4.78, 5) is 11.3. The van der Waals surface area contributed by atoms with Gasteiger partial charge >= 0.3 is 0 Å². The second-order valence-electron chi connectivity index (χ2n) is 6.64. The van der Waals surface area contributed by atoms with Gasteiger partial charge in [-0.25, -0.2) is 9.97 Å². The molecule has 142 valence electrons. The molecule has 0 radical (unpaired) electrons. The zero-order valence-corrected chi connectivity index (χ0v) is 15.6. The first kappa shape index (κ1) is 18.0. The van der Waals surface area contributed by atoms with Crippen LogP contribution in [0.2, 0.25) is 0 Å². The average molecular weight is 373 g/mol. The molecule has 3 N–H and O–H groups in total. The highest BCUT2D eigenvalue weighted by Gasteiger charge is 2.11. The van der Waals surface area contributed by atoms with E-state index < -0.39 is 0 Å². The van der Waals surface area contributed by atoms with Gasteiger partial charge in [0.25, 0.3) is 0 Å². The normalized spacial score (nSPS) is 13.9. The van der Waals surface area contributed by atoms with Crippen molar-refractivity contribution in [3.05, 3.63) is 72.9 Å². The number of nitrogens with zero attached hydrogens (tertiary/aromatic N) is 3. The molecular weight excluding hydrogens is 350 g/mol. The number of hydrogen-bond acceptors (Lipinski definition) is 6. The molecule has 0 unspecified atom stereocenters. The Hall–Kier alpha value is -3.38. The third-order valence-corrected chi connectivity index (χ3v) is 4.71. The number of morpholine rings is 1. The Morgan fingerprint density at radius 3 is 2.39 bits per heavy atom. The molecule has 1 saturated heterocycles. The van der Waals surface area contributed by atoms with Crippen LogP contribution in [0.15, 0.2) is 67.4 Å². The fourth-order valence-corrected chi connectivity index (χ4v) is 3.14. The molecule has 0 atom stereocenters. The van der Waals surface area contributed by atoms with E-state index in [0.717, 1.165) is 48.8 Å². The summed E-state index contributed by atoms with van der Waals surface area (Å²) >= 11 is 0. The van der Waals surface area contributed by atoms with Crippen LogP contribution in [0, 0.1) is 0 Å². The van der Waals surface area contributed by atoms with Crippen LogP contribution >= 0.6 is 0 Å². The Bertz CT molecular complexity index is 947. The molecule has 1 aliphatic rings. The maximum absolute atomic E-state index is 5.73. The quantitative estimate of drug-likeness (QED) is 0.711. The predicted molar refractivity (Wildman–Crippen MR) is 113 cm³/mol. The number of ether oxygens (including phenoxy) is 1. The minimum Gasteiger partial charge on any atom is -0.399 e. The summed E-state index contributed by atoms with van der Waals surface area (Å²) in [7, 11) is 0. The Morgan fingerprint density at radius 2 is 1.71 bits per heavy atom. The molecule has 2 aromatic carbocycles. The molecule has 0 saturated carbocycles. The molecule has 1 aliphatic heterocycles. The second-order valence-corrected chi connectivity index (χ2v) is 6.64. The zero-order valence-electron chi connectivity index (χ0n) is 15.6. The van der Waals surface area contributed by atoms with Crippen LogP contribution in [0.1, 0.15) is 5.56 Å². The maximum Gasteiger partial charge on any atom is 0.227 e. The zero-order chi connectivity index (χ0) is 19.3. The first-order chi connectivity index (χ1) is 13.7. The van der Waals surface area contributed by atoms with Crippen LogP contribution in [0.4, 0.5) is 17.3 Å². The largest absolute Gasteiger partial charge is 0.399 e. The molecule has 2 heterocycles. The Labute approximate surface area is 164 Å². The summed E-state index contributed by atoms with van der Waals surface area (Å²) in [6.07, 6.45) is 1.75. The summed E-state index contributed by atoms with van der Waals surface area (Å²) in [5.74, 6) is 0.559. The summed E-state index contributed by atoms with van der Waals surface area (Å²) < 4.78 is 5.41. The molecule has 6 heteroatoms. The SMILES string of the molecule is C=C(N)c1ccc(-c2ccnc(Nc3ccc(N4CCOCC4)cc3)n2)cc1. The standard InChI is InChI=1S/C22H23N5O/c1-16(23)17-2-4-18(5-3-17)21-10-11-24-22(26-21)25-19-6-8-20(9-7-19)27-12-14-28-15-13-27/h2-11H,1,12-15,23H2,(H,24,25,26). The molecule has 0 aliphatic carbocycles. The molecule has 4 rings (SSSR count). The lowest BCUT2D eigenvalue weighted by atomic mass is 10.1. The third kappa shape index (κ3) is 4.13. The van der Waals surface area contributed by atoms with Gasteiger partial charge in [-0.3, -0.25) is 0 Å². The summed E-state index contributed by atoms with van der Waals surface area (Å²) in [5, 5.41) is 3.27. The van der Waals surface area contributed by atoms with E-state index in [2.05, 4.69) is 38.9 Å². The van der Waals surface area contributed by atoms with Crippen molar-refractivity contribution in [3.63, 3.8) is 0 Å². The van der Waals surface area contributed by atoms with E-state index >= 15 is 0 Å². The van der Waals surface area contributed by atoms with Crippen molar-refractivity contribution in [2.24, 2.45) is 5.73 Å². The average Bonchev–Trinajstić information content (AvgIpc) is 2.75. The van der Waals surface area contributed by atoms with E-state index in [1.807, 2.05) is 42.5 Å². The molecule has 0 amide bonds. The highest BCUT2D eigenvalue weighted by atomic mass is 16.5. The van der Waals surface area contributed by atoms with Crippen LogP contribution in [-0.2, 0) is 4.74 Å². The summed E-state index contributed by atoms with van der Waals surface area (Å²) in [6, 6.07) is 18.0. The van der Waals surface area contributed by atoms with Gasteiger partial charge in [-0.1, -0.05) is 30.8 Å². The Balaban J connectivity index is 1.48. The monoisotopic (exact) mass is 373 g/mol. The van der Waals surface area contributed by atoms with E-state index in [9.17, 15) is 0 Å². The number of nitrogens with two attached hydrogens (primary N) is 1. The maximum atomic E-state index is 5.73. The fourth-order valence-electron chi connectivity index (χ4n) is 3.14.